The zero-order valence-electron chi connectivity index (χ0n) is 16.9. The highest BCUT2D eigenvalue weighted by Crippen LogP contribution is 2.28. The molecule has 0 aliphatic carbocycles. The van der Waals surface area contributed by atoms with Gasteiger partial charge in [-0.25, -0.2) is 13.4 Å². The Morgan fingerprint density at radius 2 is 1.86 bits per heavy atom. The number of alkyl halides is 3. The number of aliphatic imine (C=N–C) groups is 1. The molecule has 168 valence electrons. The quantitative estimate of drug-likeness (QED) is 0.332. The first-order valence-corrected chi connectivity index (χ1v) is 10.5. The van der Waals surface area contributed by atoms with Crippen LogP contribution in [0, 0.1) is 13.8 Å². The lowest BCUT2D eigenvalue weighted by atomic mass is 10.1. The van der Waals surface area contributed by atoms with Gasteiger partial charge < -0.3 is 10.6 Å². The second-order valence-electron chi connectivity index (χ2n) is 6.74. The molecule has 2 rings (SSSR count). The molecule has 1 aliphatic rings. The summed E-state index contributed by atoms with van der Waals surface area (Å²) in [5, 5.41) is 10.7. The molecule has 8 nitrogen and oxygen atoms in total. The minimum absolute atomic E-state index is 0. The summed E-state index contributed by atoms with van der Waals surface area (Å²) in [4.78, 5) is 4.55. The van der Waals surface area contributed by atoms with Gasteiger partial charge in [0.2, 0.25) is 0 Å². The lowest BCUT2D eigenvalue weighted by Crippen LogP contribution is -2.51. The van der Waals surface area contributed by atoms with E-state index in [-0.39, 0.29) is 55.9 Å². The van der Waals surface area contributed by atoms with Crippen LogP contribution in [0.25, 0.3) is 0 Å². The zero-order valence-corrected chi connectivity index (χ0v) is 20.0. The van der Waals surface area contributed by atoms with Crippen molar-refractivity contribution in [2.24, 2.45) is 12.0 Å². The Bertz CT molecular complexity index is 817. The number of aryl methyl sites for hydroxylation is 2. The van der Waals surface area contributed by atoms with Gasteiger partial charge in [0.1, 0.15) is 0 Å². The summed E-state index contributed by atoms with van der Waals surface area (Å²) in [5.74, 6) is 0.544. The van der Waals surface area contributed by atoms with E-state index in [0.717, 1.165) is 17.0 Å². The van der Waals surface area contributed by atoms with Crippen molar-refractivity contribution in [1.82, 2.24) is 24.7 Å². The van der Waals surface area contributed by atoms with E-state index in [1.807, 2.05) is 27.8 Å². The maximum atomic E-state index is 12.7. The third kappa shape index (κ3) is 6.20. The van der Waals surface area contributed by atoms with Gasteiger partial charge in [0, 0.05) is 44.0 Å². The molecule has 29 heavy (non-hydrogen) atoms. The van der Waals surface area contributed by atoms with E-state index in [1.54, 1.807) is 4.68 Å². The fourth-order valence-electron chi connectivity index (χ4n) is 3.10. The van der Waals surface area contributed by atoms with Crippen LogP contribution in [0.2, 0.25) is 0 Å². The molecule has 0 amide bonds. The second-order valence-corrected chi connectivity index (χ2v) is 8.67. The number of rotatable bonds is 5. The number of aromatic nitrogens is 2. The highest BCUT2D eigenvalue weighted by Gasteiger charge is 2.50. The second kappa shape index (κ2) is 10.3. The first-order chi connectivity index (χ1) is 13.0. The highest BCUT2D eigenvalue weighted by molar-refractivity contribution is 14.0. The van der Waals surface area contributed by atoms with Crippen LogP contribution in [-0.4, -0.2) is 59.6 Å². The Morgan fingerprint density at radius 3 is 2.31 bits per heavy atom. The molecule has 2 heterocycles. The minimum Gasteiger partial charge on any atom is -0.357 e. The molecule has 0 unspecified atom stereocenters. The van der Waals surface area contributed by atoms with E-state index in [0.29, 0.717) is 23.4 Å². The number of hydrogen-bond donors (Lipinski definition) is 2. The molecule has 1 saturated heterocycles. The molecule has 0 saturated carbocycles. The molecule has 0 aromatic carbocycles. The average molecular weight is 552 g/mol. The predicted octanol–water partition coefficient (Wildman–Crippen LogP) is 2.02. The molecule has 0 atom stereocenters. The van der Waals surface area contributed by atoms with Crippen LogP contribution in [-0.2, 0) is 23.6 Å². The number of nitrogens with zero attached hydrogens (tertiary/aromatic N) is 4. The van der Waals surface area contributed by atoms with E-state index in [2.05, 4.69) is 20.7 Å². The van der Waals surface area contributed by atoms with Gasteiger partial charge in [-0.3, -0.25) is 4.68 Å². The Labute approximate surface area is 186 Å². The van der Waals surface area contributed by atoms with Crippen LogP contribution < -0.4 is 10.6 Å². The van der Waals surface area contributed by atoms with Crippen LogP contribution in [0.1, 0.15) is 36.7 Å². The molecule has 0 spiro atoms. The maximum absolute atomic E-state index is 12.7. The summed E-state index contributed by atoms with van der Waals surface area (Å²) in [7, 11) is -3.40. The average Bonchev–Trinajstić information content (AvgIpc) is 2.84. The summed E-state index contributed by atoms with van der Waals surface area (Å²) in [5.41, 5.74) is -2.33. The van der Waals surface area contributed by atoms with Crippen molar-refractivity contribution < 1.29 is 21.6 Å². The van der Waals surface area contributed by atoms with Gasteiger partial charge in [-0.2, -0.15) is 22.6 Å². The van der Waals surface area contributed by atoms with Crippen molar-refractivity contribution in [2.75, 3.05) is 19.6 Å². The van der Waals surface area contributed by atoms with Gasteiger partial charge in [-0.15, -0.1) is 24.0 Å². The van der Waals surface area contributed by atoms with Gasteiger partial charge in [0.25, 0.3) is 0 Å². The van der Waals surface area contributed by atoms with Crippen molar-refractivity contribution in [3.8, 4) is 0 Å². The van der Waals surface area contributed by atoms with Gasteiger partial charge in [-0.1, -0.05) is 0 Å². The predicted molar refractivity (Wildman–Crippen MR) is 116 cm³/mol. The monoisotopic (exact) mass is 552 g/mol. The first kappa shape index (κ1) is 25.9. The Hall–Kier alpha value is -1.09. The van der Waals surface area contributed by atoms with Gasteiger partial charge >= 0.3 is 15.5 Å². The van der Waals surface area contributed by atoms with E-state index in [4.69, 9.17) is 0 Å². The molecule has 2 N–H and O–H groups in total. The molecular formula is C16H28F3IN6O2S. The Kier molecular flexibility index (Phi) is 9.20. The third-order valence-corrected chi connectivity index (χ3v) is 6.46. The Balaban J connectivity index is 0.00000420. The van der Waals surface area contributed by atoms with Gasteiger partial charge in [0.05, 0.1) is 12.2 Å². The van der Waals surface area contributed by atoms with Gasteiger partial charge in [-0.05, 0) is 33.6 Å². The number of piperidine rings is 1. The molecule has 1 fully saturated rings. The smallest absolute Gasteiger partial charge is 0.357 e. The number of hydrogen-bond acceptors (Lipinski definition) is 4. The summed E-state index contributed by atoms with van der Waals surface area (Å²) in [6.45, 7) is 6.47. The molecule has 0 radical (unpaired) electrons. The molecule has 0 bridgehead atoms. The summed E-state index contributed by atoms with van der Waals surface area (Å²) in [6, 6.07) is -0.159. The van der Waals surface area contributed by atoms with E-state index in [9.17, 15) is 21.6 Å². The van der Waals surface area contributed by atoms with Crippen molar-refractivity contribution in [3.05, 3.63) is 17.0 Å². The van der Waals surface area contributed by atoms with E-state index in [1.165, 1.54) is 0 Å². The molecule has 1 aromatic rings. The van der Waals surface area contributed by atoms with E-state index >= 15 is 0 Å². The van der Waals surface area contributed by atoms with Crippen molar-refractivity contribution in [3.63, 3.8) is 0 Å². The van der Waals surface area contributed by atoms with Crippen LogP contribution in [0.15, 0.2) is 4.99 Å². The number of halogens is 4. The fraction of sp³-hybridized carbons (Fsp3) is 0.750. The molecular weight excluding hydrogens is 524 g/mol. The van der Waals surface area contributed by atoms with E-state index < -0.39 is 15.5 Å². The topological polar surface area (TPSA) is 91.6 Å². The number of guanidine groups is 1. The summed E-state index contributed by atoms with van der Waals surface area (Å²) in [6.07, 6.45) is 0.537. The molecule has 1 aliphatic heterocycles. The normalized spacial score (nSPS) is 17.1. The molecule has 13 heteroatoms. The number of nitrogens with one attached hydrogen (secondary N) is 2. The summed E-state index contributed by atoms with van der Waals surface area (Å²) < 4.78 is 63.3. The largest absolute Gasteiger partial charge is 0.511 e. The fourth-order valence-corrected chi connectivity index (χ4v) is 4.09. The van der Waals surface area contributed by atoms with Crippen molar-refractivity contribution >= 4 is 40.0 Å². The van der Waals surface area contributed by atoms with Gasteiger partial charge in [0.15, 0.2) is 5.96 Å². The lowest BCUT2D eigenvalue weighted by molar-refractivity contribution is -0.0494. The highest BCUT2D eigenvalue weighted by atomic mass is 127. The van der Waals surface area contributed by atoms with Crippen molar-refractivity contribution in [2.45, 2.75) is 51.7 Å². The van der Waals surface area contributed by atoms with Crippen LogP contribution in [0.4, 0.5) is 13.2 Å². The zero-order chi connectivity index (χ0) is 21.1. The minimum atomic E-state index is -5.26. The first-order valence-electron chi connectivity index (χ1n) is 9.07. The Morgan fingerprint density at radius 1 is 1.28 bits per heavy atom. The number of sulfonamides is 1. The van der Waals surface area contributed by atoms with Crippen LogP contribution in [0.5, 0.6) is 0 Å². The third-order valence-electron chi connectivity index (χ3n) is 4.83. The molecule has 1 aromatic heterocycles. The standard InChI is InChI=1S/C16H27F3N6O2S.HI/c1-5-20-15(21-10-14-11(2)23-24(4)12(14)3)22-13-6-8-25(9-7-13)28(26,27)16(17,18)19;/h13H,5-10H2,1-4H3,(H2,20,21,22);1H. The van der Waals surface area contributed by atoms with Crippen molar-refractivity contribution in [1.29, 1.82) is 0 Å². The lowest BCUT2D eigenvalue weighted by Gasteiger charge is -2.32. The van der Waals surface area contributed by atoms with Crippen LogP contribution >= 0.6 is 24.0 Å². The SMILES string of the molecule is CCNC(=NCc1c(C)nn(C)c1C)NC1CCN(S(=O)(=O)C(F)(F)F)CC1.I. The van der Waals surface area contributed by atoms with Crippen LogP contribution in [0.3, 0.4) is 0 Å². The summed E-state index contributed by atoms with van der Waals surface area (Å²) >= 11 is 0. The maximum Gasteiger partial charge on any atom is 0.511 e.